The second kappa shape index (κ2) is 6.91. The highest BCUT2D eigenvalue weighted by Gasteiger charge is 2.30. The van der Waals surface area contributed by atoms with Crippen molar-refractivity contribution in [2.45, 2.75) is 33.2 Å². The lowest BCUT2D eigenvalue weighted by molar-refractivity contribution is -0.136. The third kappa shape index (κ3) is 4.18. The molecule has 0 aliphatic heterocycles. The van der Waals surface area contributed by atoms with E-state index in [1.165, 1.54) is 11.4 Å². The minimum Gasteiger partial charge on any atom is -0.481 e. The number of anilines is 1. The van der Waals surface area contributed by atoms with Crippen LogP contribution in [0.3, 0.4) is 0 Å². The van der Waals surface area contributed by atoms with Crippen LogP contribution in [-0.4, -0.2) is 43.4 Å². The number of nitrogens with zero attached hydrogens (tertiary/aromatic N) is 2. The van der Waals surface area contributed by atoms with Crippen LogP contribution in [0, 0.1) is 6.92 Å². The molecule has 0 heterocycles. The Labute approximate surface area is 126 Å². The molecule has 0 radical (unpaired) electrons. The smallest absolute Gasteiger partial charge is 0.305 e. The summed E-state index contributed by atoms with van der Waals surface area (Å²) in [6.45, 7) is 5.24. The first-order valence-corrected chi connectivity index (χ1v) is 8.10. The summed E-state index contributed by atoms with van der Waals surface area (Å²) in [6, 6.07) is 6.82. The highest BCUT2D eigenvalue weighted by atomic mass is 32.2. The van der Waals surface area contributed by atoms with E-state index in [1.54, 1.807) is 39.0 Å². The molecule has 7 heteroatoms. The summed E-state index contributed by atoms with van der Waals surface area (Å²) in [4.78, 5) is 10.8. The molecule has 6 nitrogen and oxygen atoms in total. The summed E-state index contributed by atoms with van der Waals surface area (Å²) in [5, 5.41) is 8.86. The second-order valence-corrected chi connectivity index (χ2v) is 7.03. The average molecular weight is 314 g/mol. The molecule has 118 valence electrons. The Morgan fingerprint density at radius 2 is 1.86 bits per heavy atom. The van der Waals surface area contributed by atoms with Crippen molar-refractivity contribution in [2.75, 3.05) is 17.9 Å². The molecular weight excluding hydrogens is 292 g/mol. The van der Waals surface area contributed by atoms with Crippen LogP contribution in [0.4, 0.5) is 5.69 Å². The molecule has 0 atom stereocenters. The molecule has 1 aromatic rings. The molecule has 0 unspecified atom stereocenters. The predicted octanol–water partition coefficient (Wildman–Crippen LogP) is 1.86. The van der Waals surface area contributed by atoms with Crippen LogP contribution in [0.25, 0.3) is 0 Å². The number of benzene rings is 1. The highest BCUT2D eigenvalue weighted by Crippen LogP contribution is 2.25. The number of aliphatic carboxylic acids is 1. The van der Waals surface area contributed by atoms with Crippen molar-refractivity contribution in [1.82, 2.24) is 4.31 Å². The van der Waals surface area contributed by atoms with Crippen LogP contribution in [-0.2, 0) is 15.0 Å². The molecule has 1 rings (SSSR count). The van der Waals surface area contributed by atoms with Crippen LogP contribution in [0.15, 0.2) is 24.3 Å². The number of carbonyl (C=O) groups is 1. The Bertz CT molecular complexity index is 599. The van der Waals surface area contributed by atoms with E-state index < -0.39 is 16.2 Å². The number of rotatable bonds is 7. The van der Waals surface area contributed by atoms with Gasteiger partial charge in [0.2, 0.25) is 0 Å². The van der Waals surface area contributed by atoms with Crippen molar-refractivity contribution in [3.63, 3.8) is 0 Å². The number of hydrogen-bond acceptors (Lipinski definition) is 3. The van der Waals surface area contributed by atoms with Crippen molar-refractivity contribution < 1.29 is 18.3 Å². The number of hydrogen-bond donors (Lipinski definition) is 1. The molecule has 21 heavy (non-hydrogen) atoms. The van der Waals surface area contributed by atoms with Crippen molar-refractivity contribution in [2.24, 2.45) is 0 Å². The fourth-order valence-electron chi connectivity index (χ4n) is 1.82. The molecule has 0 saturated carbocycles. The van der Waals surface area contributed by atoms with Crippen molar-refractivity contribution >= 4 is 21.9 Å². The number of carboxylic acids is 1. The maximum atomic E-state index is 12.7. The Morgan fingerprint density at radius 3 is 2.33 bits per heavy atom. The lowest BCUT2D eigenvalue weighted by atomic mass is 10.2. The standard InChI is InChI=1S/C14H22N2O4S/c1-11(2)15(4)21(19,20)16(10-9-14(17)18)13-8-6-5-7-12(13)3/h5-8,11H,9-10H2,1-4H3,(H,17,18). The van der Waals surface area contributed by atoms with Crippen LogP contribution in [0.2, 0.25) is 0 Å². The van der Waals surface area contributed by atoms with Crippen LogP contribution in [0.1, 0.15) is 25.8 Å². The normalized spacial score (nSPS) is 11.9. The zero-order chi connectivity index (χ0) is 16.2. The van der Waals surface area contributed by atoms with E-state index in [0.29, 0.717) is 5.69 Å². The summed E-state index contributed by atoms with van der Waals surface area (Å²) >= 11 is 0. The molecule has 0 aliphatic rings. The number of aryl methyl sites for hydroxylation is 1. The van der Waals surface area contributed by atoms with Crippen molar-refractivity contribution in [1.29, 1.82) is 0 Å². The first-order valence-electron chi connectivity index (χ1n) is 6.71. The molecule has 0 amide bonds. The van der Waals surface area contributed by atoms with E-state index in [2.05, 4.69) is 0 Å². The molecule has 0 aromatic heterocycles. The summed E-state index contributed by atoms with van der Waals surface area (Å²) < 4.78 is 27.8. The van der Waals surface area contributed by atoms with E-state index in [-0.39, 0.29) is 19.0 Å². The van der Waals surface area contributed by atoms with Crippen LogP contribution < -0.4 is 4.31 Å². The molecule has 0 aliphatic carbocycles. The van der Waals surface area contributed by atoms with E-state index in [4.69, 9.17) is 5.11 Å². The summed E-state index contributed by atoms with van der Waals surface area (Å²) in [5.41, 5.74) is 1.29. The van der Waals surface area contributed by atoms with Gasteiger partial charge in [0.25, 0.3) is 0 Å². The first kappa shape index (κ1) is 17.5. The number of para-hydroxylation sites is 1. The Kier molecular flexibility index (Phi) is 5.74. The summed E-state index contributed by atoms with van der Waals surface area (Å²) in [5.74, 6) is -1.03. The minimum absolute atomic E-state index is 0.0976. The summed E-state index contributed by atoms with van der Waals surface area (Å²) in [7, 11) is -2.28. The topological polar surface area (TPSA) is 77.9 Å². The van der Waals surface area contributed by atoms with Gasteiger partial charge >= 0.3 is 16.2 Å². The Hall–Kier alpha value is -1.60. The van der Waals surface area contributed by atoms with E-state index in [0.717, 1.165) is 9.87 Å². The van der Waals surface area contributed by atoms with Gasteiger partial charge in [-0.1, -0.05) is 18.2 Å². The van der Waals surface area contributed by atoms with Crippen LogP contribution in [0.5, 0.6) is 0 Å². The molecule has 0 saturated heterocycles. The second-order valence-electron chi connectivity index (χ2n) is 5.12. The fraction of sp³-hybridized carbons (Fsp3) is 0.500. The Morgan fingerprint density at radius 1 is 1.29 bits per heavy atom. The minimum atomic E-state index is -3.77. The molecule has 1 aromatic carbocycles. The zero-order valence-electron chi connectivity index (χ0n) is 12.8. The molecule has 0 fully saturated rings. The third-order valence-corrected chi connectivity index (χ3v) is 5.37. The number of carboxylic acid groups (broad SMARTS) is 1. The Balaban J connectivity index is 3.26. The van der Waals surface area contributed by atoms with Crippen molar-refractivity contribution in [3.05, 3.63) is 29.8 Å². The van der Waals surface area contributed by atoms with Gasteiger partial charge < -0.3 is 5.11 Å². The van der Waals surface area contributed by atoms with Gasteiger partial charge in [0.1, 0.15) is 0 Å². The lowest BCUT2D eigenvalue weighted by Gasteiger charge is -2.31. The monoisotopic (exact) mass is 314 g/mol. The summed E-state index contributed by atoms with van der Waals surface area (Å²) in [6.07, 6.45) is -0.250. The van der Waals surface area contributed by atoms with Crippen LogP contribution >= 0.6 is 0 Å². The highest BCUT2D eigenvalue weighted by molar-refractivity contribution is 7.90. The molecule has 1 N–H and O–H groups in total. The van der Waals surface area contributed by atoms with Gasteiger partial charge in [-0.05, 0) is 32.4 Å². The largest absolute Gasteiger partial charge is 0.481 e. The molecule has 0 bridgehead atoms. The molecular formula is C14H22N2O4S. The maximum absolute atomic E-state index is 12.7. The van der Waals surface area contributed by atoms with E-state index in [1.807, 2.05) is 6.07 Å². The van der Waals surface area contributed by atoms with E-state index in [9.17, 15) is 13.2 Å². The van der Waals surface area contributed by atoms with Gasteiger partial charge in [-0.2, -0.15) is 12.7 Å². The fourth-order valence-corrected chi connectivity index (χ4v) is 3.44. The van der Waals surface area contributed by atoms with Gasteiger partial charge in [0, 0.05) is 19.6 Å². The van der Waals surface area contributed by atoms with Gasteiger partial charge in [0.05, 0.1) is 12.1 Å². The van der Waals surface area contributed by atoms with E-state index >= 15 is 0 Å². The lowest BCUT2D eigenvalue weighted by Crippen LogP contribution is -2.46. The average Bonchev–Trinajstić information content (AvgIpc) is 2.39. The molecule has 0 spiro atoms. The van der Waals surface area contributed by atoms with Gasteiger partial charge in [-0.15, -0.1) is 0 Å². The zero-order valence-corrected chi connectivity index (χ0v) is 13.6. The quantitative estimate of drug-likeness (QED) is 0.833. The van der Waals surface area contributed by atoms with Gasteiger partial charge in [-0.3, -0.25) is 9.10 Å². The third-order valence-electron chi connectivity index (χ3n) is 3.28. The predicted molar refractivity (Wildman–Crippen MR) is 82.6 cm³/mol. The van der Waals surface area contributed by atoms with Crippen molar-refractivity contribution in [3.8, 4) is 0 Å². The SMILES string of the molecule is Cc1ccccc1N(CCC(=O)O)S(=O)(=O)N(C)C(C)C. The maximum Gasteiger partial charge on any atom is 0.305 e. The first-order chi connectivity index (χ1) is 9.67. The van der Waals surface area contributed by atoms with Gasteiger partial charge in [-0.25, -0.2) is 0 Å². The van der Waals surface area contributed by atoms with Gasteiger partial charge in [0.15, 0.2) is 0 Å².